The summed E-state index contributed by atoms with van der Waals surface area (Å²) >= 11 is 0. The van der Waals surface area contributed by atoms with Crippen LogP contribution in [0.1, 0.15) is 26.3 Å². The van der Waals surface area contributed by atoms with Gasteiger partial charge < -0.3 is 14.6 Å². The molecule has 0 aromatic heterocycles. The molecular weight excluding hydrogens is 212 g/mol. The van der Waals surface area contributed by atoms with E-state index in [4.69, 9.17) is 5.11 Å². The lowest BCUT2D eigenvalue weighted by molar-refractivity contribution is 0.00644. The second-order valence-electron chi connectivity index (χ2n) is 3.05. The SMILES string of the molecule is COC(=O)c1c(C)cccc1C(=O)OCO. The molecule has 0 aliphatic carbocycles. The number of hydrogen-bond acceptors (Lipinski definition) is 5. The van der Waals surface area contributed by atoms with Crippen molar-refractivity contribution in [1.29, 1.82) is 0 Å². The van der Waals surface area contributed by atoms with Crippen LogP contribution < -0.4 is 0 Å². The van der Waals surface area contributed by atoms with Crippen LogP contribution in [0.15, 0.2) is 18.2 Å². The monoisotopic (exact) mass is 224 g/mol. The lowest BCUT2D eigenvalue weighted by atomic mass is 10.0. The van der Waals surface area contributed by atoms with Crippen LogP contribution in [-0.4, -0.2) is 30.9 Å². The molecule has 0 bridgehead atoms. The molecule has 1 aromatic carbocycles. The maximum absolute atomic E-state index is 11.5. The van der Waals surface area contributed by atoms with Crippen molar-refractivity contribution in [3.05, 3.63) is 34.9 Å². The van der Waals surface area contributed by atoms with Crippen LogP contribution in [0.5, 0.6) is 0 Å². The number of methoxy groups -OCH3 is 1. The van der Waals surface area contributed by atoms with Gasteiger partial charge in [0.25, 0.3) is 0 Å². The number of carbonyl (C=O) groups excluding carboxylic acids is 2. The third-order valence-corrected chi connectivity index (χ3v) is 2.08. The van der Waals surface area contributed by atoms with E-state index in [2.05, 4.69) is 9.47 Å². The Morgan fingerprint density at radius 1 is 1.31 bits per heavy atom. The Labute approximate surface area is 92.6 Å². The van der Waals surface area contributed by atoms with Gasteiger partial charge in [0.2, 0.25) is 0 Å². The van der Waals surface area contributed by atoms with E-state index in [9.17, 15) is 9.59 Å². The number of hydrogen-bond donors (Lipinski definition) is 1. The number of ether oxygens (including phenoxy) is 2. The Bertz CT molecular complexity index is 411. The van der Waals surface area contributed by atoms with Gasteiger partial charge in [0.15, 0.2) is 6.79 Å². The Hall–Kier alpha value is -1.88. The van der Waals surface area contributed by atoms with Gasteiger partial charge in [-0.1, -0.05) is 12.1 Å². The number of aliphatic hydroxyl groups excluding tert-OH is 1. The van der Waals surface area contributed by atoms with E-state index in [0.29, 0.717) is 5.56 Å². The number of carbonyl (C=O) groups is 2. The summed E-state index contributed by atoms with van der Waals surface area (Å²) in [6.45, 7) is 0.954. The summed E-state index contributed by atoms with van der Waals surface area (Å²) in [4.78, 5) is 22.9. The first-order chi connectivity index (χ1) is 7.61. The van der Waals surface area contributed by atoms with Crippen molar-refractivity contribution in [2.24, 2.45) is 0 Å². The van der Waals surface area contributed by atoms with Gasteiger partial charge in [-0.3, -0.25) is 0 Å². The van der Waals surface area contributed by atoms with Crippen LogP contribution in [-0.2, 0) is 9.47 Å². The van der Waals surface area contributed by atoms with E-state index in [1.54, 1.807) is 19.1 Å². The molecular formula is C11H12O5. The van der Waals surface area contributed by atoms with Crippen LogP contribution in [0.4, 0.5) is 0 Å². The first-order valence-electron chi connectivity index (χ1n) is 4.57. The Kier molecular flexibility index (Phi) is 4.02. The molecule has 86 valence electrons. The quantitative estimate of drug-likeness (QED) is 0.609. The molecule has 5 nitrogen and oxygen atoms in total. The van der Waals surface area contributed by atoms with E-state index >= 15 is 0 Å². The molecule has 0 saturated carbocycles. The van der Waals surface area contributed by atoms with Crippen LogP contribution in [0.25, 0.3) is 0 Å². The second-order valence-corrected chi connectivity index (χ2v) is 3.05. The van der Waals surface area contributed by atoms with Gasteiger partial charge in [0, 0.05) is 0 Å². The maximum Gasteiger partial charge on any atom is 0.341 e. The lowest BCUT2D eigenvalue weighted by Gasteiger charge is -2.09. The Morgan fingerprint density at radius 2 is 2.00 bits per heavy atom. The largest absolute Gasteiger partial charge is 0.465 e. The van der Waals surface area contributed by atoms with E-state index in [-0.39, 0.29) is 11.1 Å². The summed E-state index contributed by atoms with van der Waals surface area (Å²) < 4.78 is 9.00. The molecule has 1 aromatic rings. The lowest BCUT2D eigenvalue weighted by Crippen LogP contribution is -2.14. The zero-order valence-electron chi connectivity index (χ0n) is 9.02. The molecule has 0 fully saturated rings. The van der Waals surface area contributed by atoms with Crippen molar-refractivity contribution in [2.75, 3.05) is 13.9 Å². The minimum atomic E-state index is -0.758. The standard InChI is InChI=1S/C11H12O5/c1-7-4-3-5-8(10(13)16-6-12)9(7)11(14)15-2/h3-5,12H,6H2,1-2H3. The zero-order chi connectivity index (χ0) is 12.1. The molecule has 0 aliphatic heterocycles. The average molecular weight is 224 g/mol. The molecule has 0 amide bonds. The Morgan fingerprint density at radius 3 is 2.56 bits per heavy atom. The minimum absolute atomic E-state index is 0.0842. The zero-order valence-corrected chi connectivity index (χ0v) is 9.02. The van der Waals surface area contributed by atoms with Gasteiger partial charge in [0.05, 0.1) is 18.2 Å². The number of esters is 2. The summed E-state index contributed by atoms with van der Waals surface area (Å²) in [5.41, 5.74) is 0.851. The third-order valence-electron chi connectivity index (χ3n) is 2.08. The highest BCUT2D eigenvalue weighted by Gasteiger charge is 2.20. The van der Waals surface area contributed by atoms with Crippen molar-refractivity contribution in [1.82, 2.24) is 0 Å². The van der Waals surface area contributed by atoms with Crippen molar-refractivity contribution in [3.8, 4) is 0 Å². The molecule has 5 heteroatoms. The van der Waals surface area contributed by atoms with Crippen LogP contribution in [0.2, 0.25) is 0 Å². The fourth-order valence-electron chi connectivity index (χ4n) is 1.35. The number of rotatable bonds is 3. The Balaban J connectivity index is 3.22. The fourth-order valence-corrected chi connectivity index (χ4v) is 1.35. The molecule has 0 atom stereocenters. The molecule has 0 spiro atoms. The van der Waals surface area contributed by atoms with Gasteiger partial charge in [-0.2, -0.15) is 0 Å². The van der Waals surface area contributed by atoms with Crippen LogP contribution >= 0.6 is 0 Å². The highest BCUT2D eigenvalue weighted by molar-refractivity contribution is 6.04. The fraction of sp³-hybridized carbons (Fsp3) is 0.273. The van der Waals surface area contributed by atoms with E-state index in [1.807, 2.05) is 0 Å². The highest BCUT2D eigenvalue weighted by atomic mass is 16.6. The van der Waals surface area contributed by atoms with E-state index < -0.39 is 18.7 Å². The van der Waals surface area contributed by atoms with Gasteiger partial charge in [-0.15, -0.1) is 0 Å². The van der Waals surface area contributed by atoms with Crippen molar-refractivity contribution >= 4 is 11.9 Å². The normalized spacial score (nSPS) is 9.69. The minimum Gasteiger partial charge on any atom is -0.465 e. The van der Waals surface area contributed by atoms with Crippen molar-refractivity contribution in [2.45, 2.75) is 6.92 Å². The predicted molar refractivity (Wildman–Crippen MR) is 55.0 cm³/mol. The predicted octanol–water partition coefficient (Wildman–Crippen LogP) is 0.888. The van der Waals surface area contributed by atoms with Gasteiger partial charge >= 0.3 is 11.9 Å². The first-order valence-corrected chi connectivity index (χ1v) is 4.57. The van der Waals surface area contributed by atoms with E-state index in [0.717, 1.165) is 0 Å². The number of aryl methyl sites for hydroxylation is 1. The van der Waals surface area contributed by atoms with Gasteiger partial charge in [0.1, 0.15) is 0 Å². The van der Waals surface area contributed by atoms with Gasteiger partial charge in [-0.25, -0.2) is 9.59 Å². The first kappa shape index (κ1) is 12.2. The third kappa shape index (κ3) is 2.38. The molecule has 1 rings (SSSR count). The summed E-state index contributed by atoms with van der Waals surface area (Å²) in [6.07, 6.45) is 0. The topological polar surface area (TPSA) is 72.8 Å². The van der Waals surface area contributed by atoms with Crippen LogP contribution in [0.3, 0.4) is 0 Å². The molecule has 1 N–H and O–H groups in total. The molecule has 0 heterocycles. The summed E-state index contributed by atoms with van der Waals surface area (Å²) in [6, 6.07) is 4.75. The maximum atomic E-state index is 11.5. The molecule has 16 heavy (non-hydrogen) atoms. The molecule has 0 unspecified atom stereocenters. The van der Waals surface area contributed by atoms with E-state index in [1.165, 1.54) is 13.2 Å². The summed E-state index contributed by atoms with van der Waals surface area (Å²) in [7, 11) is 1.23. The smallest absolute Gasteiger partial charge is 0.341 e. The van der Waals surface area contributed by atoms with Crippen molar-refractivity contribution < 1.29 is 24.2 Å². The second kappa shape index (κ2) is 5.27. The molecule has 0 aliphatic rings. The van der Waals surface area contributed by atoms with Crippen molar-refractivity contribution in [3.63, 3.8) is 0 Å². The summed E-state index contributed by atoms with van der Waals surface area (Å²) in [5.74, 6) is -1.37. The summed E-state index contributed by atoms with van der Waals surface area (Å²) in [5, 5.41) is 8.49. The molecule has 0 saturated heterocycles. The van der Waals surface area contributed by atoms with Gasteiger partial charge in [-0.05, 0) is 18.6 Å². The average Bonchev–Trinajstić information content (AvgIpc) is 2.28. The highest BCUT2D eigenvalue weighted by Crippen LogP contribution is 2.16. The van der Waals surface area contributed by atoms with Crippen LogP contribution in [0, 0.1) is 6.92 Å². The number of aliphatic hydroxyl groups is 1. The molecule has 0 radical (unpaired) electrons. The number of benzene rings is 1.